The van der Waals surface area contributed by atoms with Crippen molar-refractivity contribution in [2.45, 2.75) is 0 Å². The molecule has 9 nitrogen and oxygen atoms in total. The lowest BCUT2D eigenvalue weighted by atomic mass is 10.1. The highest BCUT2D eigenvalue weighted by atomic mass is 16.5. The second-order valence-electron chi connectivity index (χ2n) is 6.96. The van der Waals surface area contributed by atoms with Gasteiger partial charge in [0.25, 0.3) is 11.5 Å². The molecule has 0 unspecified atom stereocenters. The van der Waals surface area contributed by atoms with Gasteiger partial charge >= 0.3 is 5.69 Å². The van der Waals surface area contributed by atoms with E-state index in [-0.39, 0.29) is 23.8 Å². The van der Waals surface area contributed by atoms with E-state index in [0.29, 0.717) is 48.8 Å². The third-order valence-corrected chi connectivity index (χ3v) is 5.14. The molecule has 29 heavy (non-hydrogen) atoms. The molecule has 0 bridgehead atoms. The first-order chi connectivity index (χ1) is 14.0. The molecule has 1 amide bonds. The maximum atomic E-state index is 12.3. The molecule has 1 aliphatic rings. The highest BCUT2D eigenvalue weighted by molar-refractivity contribution is 5.82. The van der Waals surface area contributed by atoms with Crippen LogP contribution in [0, 0.1) is 0 Å². The van der Waals surface area contributed by atoms with Crippen molar-refractivity contribution in [1.82, 2.24) is 19.0 Å². The van der Waals surface area contributed by atoms with Gasteiger partial charge in [0.1, 0.15) is 11.3 Å². The molecule has 0 spiro atoms. The quantitative estimate of drug-likeness (QED) is 0.689. The van der Waals surface area contributed by atoms with E-state index in [0.717, 1.165) is 10.1 Å². The fraction of sp³-hybridized carbons (Fsp3) is 0.350. The van der Waals surface area contributed by atoms with Gasteiger partial charge in [-0.05, 0) is 35.9 Å². The number of ether oxygens (including phenoxy) is 2. The van der Waals surface area contributed by atoms with Gasteiger partial charge in [-0.3, -0.25) is 18.7 Å². The van der Waals surface area contributed by atoms with E-state index in [1.165, 1.54) is 11.6 Å². The lowest BCUT2D eigenvalue weighted by Crippen LogP contribution is -2.42. The zero-order valence-electron chi connectivity index (χ0n) is 16.3. The normalized spacial score (nSPS) is 14.3. The molecule has 1 fully saturated rings. The number of aryl methyl sites for hydroxylation is 1. The summed E-state index contributed by atoms with van der Waals surface area (Å²) in [6.45, 7) is 2.26. The lowest BCUT2D eigenvalue weighted by Gasteiger charge is -2.26. The summed E-state index contributed by atoms with van der Waals surface area (Å²) >= 11 is 0. The van der Waals surface area contributed by atoms with Crippen LogP contribution in [0.5, 0.6) is 5.75 Å². The summed E-state index contributed by atoms with van der Waals surface area (Å²) < 4.78 is 13.3. The summed E-state index contributed by atoms with van der Waals surface area (Å²) in [6.07, 6.45) is 0. The lowest BCUT2D eigenvalue weighted by molar-refractivity contribution is -0.137. The van der Waals surface area contributed by atoms with Gasteiger partial charge in [-0.1, -0.05) is 0 Å². The third kappa shape index (κ3) is 3.56. The van der Waals surface area contributed by atoms with Crippen LogP contribution in [0.4, 0.5) is 0 Å². The topological polar surface area (TPSA) is 98.6 Å². The van der Waals surface area contributed by atoms with Crippen LogP contribution in [0.3, 0.4) is 0 Å². The van der Waals surface area contributed by atoms with Crippen molar-refractivity contribution in [3.63, 3.8) is 0 Å². The molecule has 0 radical (unpaired) electrons. The van der Waals surface area contributed by atoms with Crippen LogP contribution in [0.25, 0.3) is 22.3 Å². The highest BCUT2D eigenvalue weighted by Crippen LogP contribution is 2.24. The Labute approximate surface area is 166 Å². The van der Waals surface area contributed by atoms with Gasteiger partial charge in [0.2, 0.25) is 0 Å². The van der Waals surface area contributed by atoms with E-state index in [2.05, 4.69) is 4.98 Å². The number of nitrogens with one attached hydrogen (secondary N) is 1. The van der Waals surface area contributed by atoms with Gasteiger partial charge in [-0.2, -0.15) is 0 Å². The van der Waals surface area contributed by atoms with Crippen LogP contribution >= 0.6 is 0 Å². The SMILES string of the molecule is Cn1c(=O)c2[nH]c(-c3ccc(OCC(=O)N4CCOCC4)cc3)cc2n(C)c1=O. The largest absolute Gasteiger partial charge is 0.484 e. The summed E-state index contributed by atoms with van der Waals surface area (Å²) in [7, 11) is 3.08. The van der Waals surface area contributed by atoms with Crippen molar-refractivity contribution in [1.29, 1.82) is 0 Å². The van der Waals surface area contributed by atoms with Gasteiger partial charge < -0.3 is 19.4 Å². The Kier molecular flexibility index (Phi) is 4.98. The molecule has 4 rings (SSSR count). The molecular weight excluding hydrogens is 376 g/mol. The number of morpholine rings is 1. The number of carbonyl (C=O) groups excluding carboxylic acids is 1. The van der Waals surface area contributed by atoms with Gasteiger partial charge in [-0.25, -0.2) is 4.79 Å². The number of aromatic nitrogens is 3. The van der Waals surface area contributed by atoms with E-state index >= 15 is 0 Å². The number of rotatable bonds is 4. The predicted octanol–water partition coefficient (Wildman–Crippen LogP) is 0.470. The number of nitrogens with zero attached hydrogens (tertiary/aromatic N) is 3. The van der Waals surface area contributed by atoms with E-state index in [4.69, 9.17) is 9.47 Å². The summed E-state index contributed by atoms with van der Waals surface area (Å²) in [5.74, 6) is 0.513. The van der Waals surface area contributed by atoms with Crippen LogP contribution in [0.15, 0.2) is 39.9 Å². The number of amides is 1. The van der Waals surface area contributed by atoms with Crippen molar-refractivity contribution >= 4 is 16.9 Å². The van der Waals surface area contributed by atoms with Gasteiger partial charge in [0.15, 0.2) is 6.61 Å². The standard InChI is InChI=1S/C20H22N4O5/c1-22-16-11-15(21-18(16)19(26)23(2)20(22)27)13-3-5-14(6-4-13)29-12-17(25)24-7-9-28-10-8-24/h3-6,11,21H,7-10,12H2,1-2H3. The van der Waals surface area contributed by atoms with Gasteiger partial charge in [0.05, 0.1) is 18.7 Å². The van der Waals surface area contributed by atoms with Crippen LogP contribution in [-0.2, 0) is 23.6 Å². The Hall–Kier alpha value is -3.33. The molecule has 1 N–H and O–H groups in total. The Morgan fingerprint density at radius 2 is 1.79 bits per heavy atom. The number of H-pyrrole nitrogens is 1. The molecule has 2 aromatic heterocycles. The molecule has 1 aromatic carbocycles. The Morgan fingerprint density at radius 1 is 1.10 bits per heavy atom. The molecule has 152 valence electrons. The smallest absolute Gasteiger partial charge is 0.331 e. The van der Waals surface area contributed by atoms with Crippen LogP contribution < -0.4 is 16.0 Å². The fourth-order valence-electron chi connectivity index (χ4n) is 3.39. The molecule has 1 saturated heterocycles. The number of hydrogen-bond donors (Lipinski definition) is 1. The van der Waals surface area contributed by atoms with Crippen molar-refractivity contribution in [2.24, 2.45) is 14.1 Å². The molecule has 9 heteroatoms. The number of hydrogen-bond acceptors (Lipinski definition) is 5. The molecular formula is C20H22N4O5. The van der Waals surface area contributed by atoms with Crippen molar-refractivity contribution < 1.29 is 14.3 Å². The van der Waals surface area contributed by atoms with E-state index in [9.17, 15) is 14.4 Å². The number of aromatic amines is 1. The van der Waals surface area contributed by atoms with Gasteiger partial charge in [0, 0.05) is 32.9 Å². The van der Waals surface area contributed by atoms with E-state index in [1.54, 1.807) is 30.1 Å². The number of benzene rings is 1. The highest BCUT2D eigenvalue weighted by Gasteiger charge is 2.17. The molecule has 3 heterocycles. The second kappa shape index (κ2) is 7.59. The van der Waals surface area contributed by atoms with Crippen molar-refractivity contribution in [3.8, 4) is 17.0 Å². The van der Waals surface area contributed by atoms with E-state index in [1.807, 2.05) is 12.1 Å². The molecule has 0 atom stereocenters. The Morgan fingerprint density at radius 3 is 2.48 bits per heavy atom. The molecule has 0 saturated carbocycles. The average molecular weight is 398 g/mol. The summed E-state index contributed by atoms with van der Waals surface area (Å²) in [4.78, 5) is 41.4. The first kappa shape index (κ1) is 19.0. The van der Waals surface area contributed by atoms with Gasteiger partial charge in [-0.15, -0.1) is 0 Å². The average Bonchev–Trinajstić information content (AvgIpc) is 3.21. The molecule has 0 aliphatic carbocycles. The van der Waals surface area contributed by atoms with Crippen molar-refractivity contribution in [3.05, 3.63) is 51.2 Å². The summed E-state index contributed by atoms with van der Waals surface area (Å²) in [5.41, 5.74) is 1.74. The molecule has 3 aromatic rings. The first-order valence-electron chi connectivity index (χ1n) is 9.33. The van der Waals surface area contributed by atoms with Crippen molar-refractivity contribution in [2.75, 3.05) is 32.9 Å². The Balaban J connectivity index is 1.51. The maximum Gasteiger partial charge on any atom is 0.331 e. The fourth-order valence-corrected chi connectivity index (χ4v) is 3.39. The third-order valence-electron chi connectivity index (χ3n) is 5.14. The Bertz CT molecular complexity index is 1170. The minimum absolute atomic E-state index is 0.0239. The predicted molar refractivity (Wildman–Crippen MR) is 107 cm³/mol. The molecule has 1 aliphatic heterocycles. The van der Waals surface area contributed by atoms with Crippen LogP contribution in [0.2, 0.25) is 0 Å². The zero-order chi connectivity index (χ0) is 20.5. The number of fused-ring (bicyclic) bond motifs is 1. The van der Waals surface area contributed by atoms with Crippen LogP contribution in [0.1, 0.15) is 0 Å². The maximum absolute atomic E-state index is 12.3. The first-order valence-corrected chi connectivity index (χ1v) is 9.33. The summed E-state index contributed by atoms with van der Waals surface area (Å²) in [5, 5.41) is 0. The zero-order valence-corrected chi connectivity index (χ0v) is 16.3. The minimum Gasteiger partial charge on any atom is -0.484 e. The monoisotopic (exact) mass is 398 g/mol. The summed E-state index contributed by atoms with van der Waals surface area (Å²) in [6, 6.07) is 8.98. The van der Waals surface area contributed by atoms with Crippen LogP contribution in [-0.4, -0.2) is 57.8 Å². The number of carbonyl (C=O) groups is 1. The second-order valence-corrected chi connectivity index (χ2v) is 6.96. The van der Waals surface area contributed by atoms with E-state index < -0.39 is 0 Å². The minimum atomic E-state index is -0.373.